The molecule has 0 saturated carbocycles. The SMILES string of the molecule is CCc1ccc(N2C(=O)C(O)=C(c3ccc(Cl)cc3Cl)C2=O)cc1. The Bertz CT molecular complexity index is 872. The summed E-state index contributed by atoms with van der Waals surface area (Å²) in [4.78, 5) is 26.0. The molecule has 122 valence electrons. The molecule has 0 aliphatic carbocycles. The number of anilines is 1. The van der Waals surface area contributed by atoms with E-state index in [1.54, 1.807) is 18.2 Å². The summed E-state index contributed by atoms with van der Waals surface area (Å²) in [5.41, 5.74) is 1.62. The number of aliphatic hydroxyl groups excluding tert-OH is 1. The van der Waals surface area contributed by atoms with Gasteiger partial charge in [-0.1, -0.05) is 48.3 Å². The van der Waals surface area contributed by atoms with E-state index >= 15 is 0 Å². The molecule has 0 saturated heterocycles. The van der Waals surface area contributed by atoms with Crippen LogP contribution in [0, 0.1) is 0 Å². The standard InChI is InChI=1S/C18H13Cl2NO3/c1-2-10-3-6-12(7-4-10)21-17(23)15(16(22)18(21)24)13-8-5-11(19)9-14(13)20/h3-9,22H,2H2,1H3. The fourth-order valence-corrected chi connectivity index (χ4v) is 3.07. The lowest BCUT2D eigenvalue weighted by molar-refractivity contribution is -0.121. The second-order valence-corrected chi connectivity index (χ2v) is 6.16. The Morgan fingerprint density at radius 1 is 1.00 bits per heavy atom. The van der Waals surface area contributed by atoms with Gasteiger partial charge in [0.25, 0.3) is 5.91 Å². The highest BCUT2D eigenvalue weighted by Crippen LogP contribution is 2.36. The van der Waals surface area contributed by atoms with Gasteiger partial charge in [0.05, 0.1) is 16.3 Å². The zero-order chi connectivity index (χ0) is 17.4. The molecule has 0 radical (unpaired) electrons. The van der Waals surface area contributed by atoms with Gasteiger partial charge in [0.1, 0.15) is 0 Å². The number of hydrogen-bond donors (Lipinski definition) is 1. The second kappa shape index (κ2) is 6.30. The minimum atomic E-state index is -0.773. The second-order valence-electron chi connectivity index (χ2n) is 5.31. The van der Waals surface area contributed by atoms with Crippen LogP contribution < -0.4 is 4.90 Å². The van der Waals surface area contributed by atoms with Crippen molar-refractivity contribution in [3.63, 3.8) is 0 Å². The van der Waals surface area contributed by atoms with Gasteiger partial charge in [-0.3, -0.25) is 9.59 Å². The summed E-state index contributed by atoms with van der Waals surface area (Å²) in [6.07, 6.45) is 0.845. The van der Waals surface area contributed by atoms with Gasteiger partial charge in [0.2, 0.25) is 0 Å². The van der Waals surface area contributed by atoms with Crippen molar-refractivity contribution in [2.45, 2.75) is 13.3 Å². The minimum Gasteiger partial charge on any atom is -0.502 e. The van der Waals surface area contributed by atoms with Crippen molar-refractivity contribution in [2.24, 2.45) is 0 Å². The largest absolute Gasteiger partial charge is 0.502 e. The van der Waals surface area contributed by atoms with Gasteiger partial charge in [-0.05, 0) is 36.2 Å². The Morgan fingerprint density at radius 3 is 2.25 bits per heavy atom. The molecule has 3 rings (SSSR count). The topological polar surface area (TPSA) is 57.6 Å². The maximum atomic E-state index is 12.7. The fourth-order valence-electron chi connectivity index (χ4n) is 2.57. The molecule has 2 amide bonds. The van der Waals surface area contributed by atoms with Crippen molar-refractivity contribution in [3.05, 3.63) is 69.4 Å². The van der Waals surface area contributed by atoms with Crippen LogP contribution in [-0.4, -0.2) is 16.9 Å². The fraction of sp³-hybridized carbons (Fsp3) is 0.111. The summed E-state index contributed by atoms with van der Waals surface area (Å²) in [7, 11) is 0. The van der Waals surface area contributed by atoms with E-state index in [4.69, 9.17) is 23.2 Å². The maximum absolute atomic E-state index is 12.7. The first-order chi connectivity index (χ1) is 11.4. The van der Waals surface area contributed by atoms with Crippen molar-refractivity contribution in [3.8, 4) is 0 Å². The third-order valence-electron chi connectivity index (χ3n) is 3.86. The number of imide groups is 1. The Kier molecular flexibility index (Phi) is 4.35. The molecule has 1 aliphatic heterocycles. The number of aryl methyl sites for hydroxylation is 1. The van der Waals surface area contributed by atoms with Crippen LogP contribution in [0.3, 0.4) is 0 Å². The molecule has 1 heterocycles. The van der Waals surface area contributed by atoms with Crippen molar-refractivity contribution in [1.82, 2.24) is 0 Å². The van der Waals surface area contributed by atoms with E-state index < -0.39 is 17.6 Å². The lowest BCUT2D eigenvalue weighted by Gasteiger charge is -2.15. The van der Waals surface area contributed by atoms with Crippen LogP contribution in [-0.2, 0) is 16.0 Å². The van der Waals surface area contributed by atoms with E-state index in [9.17, 15) is 14.7 Å². The number of amides is 2. The van der Waals surface area contributed by atoms with Gasteiger partial charge in [0, 0.05) is 10.6 Å². The number of rotatable bonds is 3. The number of carbonyl (C=O) groups excluding carboxylic acids is 2. The van der Waals surface area contributed by atoms with Crippen LogP contribution in [0.25, 0.3) is 5.57 Å². The lowest BCUT2D eigenvalue weighted by Crippen LogP contribution is -2.31. The van der Waals surface area contributed by atoms with Crippen LogP contribution in [0.2, 0.25) is 10.0 Å². The minimum absolute atomic E-state index is 0.124. The van der Waals surface area contributed by atoms with Crippen molar-refractivity contribution in [1.29, 1.82) is 0 Å². The van der Waals surface area contributed by atoms with Crippen LogP contribution in [0.15, 0.2) is 48.2 Å². The Morgan fingerprint density at radius 2 is 1.67 bits per heavy atom. The van der Waals surface area contributed by atoms with Gasteiger partial charge in [0.15, 0.2) is 5.76 Å². The maximum Gasteiger partial charge on any atom is 0.301 e. The van der Waals surface area contributed by atoms with E-state index in [1.807, 2.05) is 19.1 Å². The number of benzene rings is 2. The van der Waals surface area contributed by atoms with Gasteiger partial charge in [-0.15, -0.1) is 0 Å². The first-order valence-electron chi connectivity index (χ1n) is 7.30. The summed E-state index contributed by atoms with van der Waals surface area (Å²) < 4.78 is 0. The van der Waals surface area contributed by atoms with Crippen LogP contribution in [0.1, 0.15) is 18.1 Å². The molecular weight excluding hydrogens is 349 g/mol. The molecular formula is C18H13Cl2NO3. The molecule has 1 N–H and O–H groups in total. The third kappa shape index (κ3) is 2.68. The molecule has 24 heavy (non-hydrogen) atoms. The quantitative estimate of drug-likeness (QED) is 0.824. The molecule has 6 heteroatoms. The average Bonchev–Trinajstić information content (AvgIpc) is 2.78. The Labute approximate surface area is 148 Å². The van der Waals surface area contributed by atoms with Crippen molar-refractivity contribution in [2.75, 3.05) is 4.90 Å². The number of carbonyl (C=O) groups is 2. The summed E-state index contributed by atoms with van der Waals surface area (Å²) in [6, 6.07) is 11.5. The third-order valence-corrected chi connectivity index (χ3v) is 4.41. The monoisotopic (exact) mass is 361 g/mol. The summed E-state index contributed by atoms with van der Waals surface area (Å²) in [6.45, 7) is 2.01. The predicted molar refractivity (Wildman–Crippen MR) is 94.3 cm³/mol. The smallest absolute Gasteiger partial charge is 0.301 e. The molecule has 0 unspecified atom stereocenters. The number of hydrogen-bond acceptors (Lipinski definition) is 3. The molecule has 4 nitrogen and oxygen atoms in total. The molecule has 2 aromatic carbocycles. The highest BCUT2D eigenvalue weighted by molar-refractivity contribution is 6.47. The number of aliphatic hydroxyl groups is 1. The van der Waals surface area contributed by atoms with Crippen molar-refractivity contribution >= 4 is 46.3 Å². The van der Waals surface area contributed by atoms with E-state index in [1.165, 1.54) is 12.1 Å². The summed E-state index contributed by atoms with van der Waals surface area (Å²) in [5.74, 6) is -2.01. The number of nitrogens with zero attached hydrogens (tertiary/aromatic N) is 1. The molecule has 0 spiro atoms. The first-order valence-corrected chi connectivity index (χ1v) is 8.06. The van der Waals surface area contributed by atoms with Gasteiger partial charge in [-0.25, -0.2) is 4.90 Å². The normalized spacial score (nSPS) is 14.7. The van der Waals surface area contributed by atoms with E-state index in [-0.39, 0.29) is 16.2 Å². The van der Waals surface area contributed by atoms with E-state index in [0.29, 0.717) is 10.7 Å². The van der Waals surface area contributed by atoms with E-state index in [2.05, 4.69) is 0 Å². The summed E-state index contributed by atoms with van der Waals surface area (Å²) in [5, 5.41) is 10.8. The first kappa shape index (κ1) is 16.6. The number of halogens is 2. The van der Waals surface area contributed by atoms with Crippen LogP contribution in [0.5, 0.6) is 0 Å². The predicted octanol–water partition coefficient (Wildman–Crippen LogP) is 4.40. The average molecular weight is 362 g/mol. The summed E-state index contributed by atoms with van der Waals surface area (Å²) >= 11 is 12.0. The Balaban J connectivity index is 2.04. The highest BCUT2D eigenvalue weighted by atomic mass is 35.5. The van der Waals surface area contributed by atoms with Crippen LogP contribution in [0.4, 0.5) is 5.69 Å². The molecule has 0 bridgehead atoms. The molecule has 0 fully saturated rings. The van der Waals surface area contributed by atoms with Gasteiger partial charge < -0.3 is 5.11 Å². The highest BCUT2D eigenvalue weighted by Gasteiger charge is 2.40. The zero-order valence-corrected chi connectivity index (χ0v) is 14.2. The zero-order valence-electron chi connectivity index (χ0n) is 12.7. The lowest BCUT2D eigenvalue weighted by atomic mass is 10.1. The van der Waals surface area contributed by atoms with Crippen molar-refractivity contribution < 1.29 is 14.7 Å². The molecule has 1 aliphatic rings. The van der Waals surface area contributed by atoms with Gasteiger partial charge in [-0.2, -0.15) is 0 Å². The van der Waals surface area contributed by atoms with Gasteiger partial charge >= 0.3 is 5.91 Å². The van der Waals surface area contributed by atoms with E-state index in [0.717, 1.165) is 16.9 Å². The molecule has 2 aromatic rings. The molecule has 0 atom stereocenters. The molecule has 0 aromatic heterocycles. The Hall–Kier alpha value is -2.30. The van der Waals surface area contributed by atoms with Crippen LogP contribution >= 0.6 is 23.2 Å².